The summed E-state index contributed by atoms with van der Waals surface area (Å²) < 4.78 is 9.19. The minimum Gasteiger partial charge on any atom is -0.457 e. The van der Waals surface area contributed by atoms with Gasteiger partial charge in [-0.3, -0.25) is 0 Å². The molecular weight excluding hydrogens is 793 g/mol. The van der Waals surface area contributed by atoms with Crippen LogP contribution in [0.15, 0.2) is 231 Å². The topological polar surface area (TPSA) is 52.8 Å². The lowest BCUT2D eigenvalue weighted by molar-refractivity contribution is 0.435. The summed E-state index contributed by atoms with van der Waals surface area (Å²) in [4.78, 5) is 15.7. The fourth-order valence-corrected chi connectivity index (χ4v) is 10.1. The summed E-state index contributed by atoms with van der Waals surface area (Å²) >= 11 is 0. The Morgan fingerprint density at radius 1 is 0.338 bits per heavy atom. The molecule has 0 saturated heterocycles. The van der Waals surface area contributed by atoms with E-state index >= 15 is 0 Å². The maximum absolute atomic E-state index is 6.87. The number of hydrogen-bond donors (Lipinski definition) is 0. The van der Waals surface area contributed by atoms with Gasteiger partial charge in [0.15, 0.2) is 17.5 Å². The molecule has 1 aliphatic rings. The van der Waals surface area contributed by atoms with Crippen molar-refractivity contribution in [3.63, 3.8) is 0 Å². The molecule has 0 saturated carbocycles. The lowest BCUT2D eigenvalue weighted by atomic mass is 9.63. The van der Waals surface area contributed by atoms with Gasteiger partial charge in [-0.2, -0.15) is 0 Å². The smallest absolute Gasteiger partial charge is 0.164 e. The highest BCUT2D eigenvalue weighted by Gasteiger charge is 2.46. The van der Waals surface area contributed by atoms with Crippen LogP contribution in [0.4, 0.5) is 0 Å². The van der Waals surface area contributed by atoms with Gasteiger partial charge < -0.3 is 9.30 Å². The van der Waals surface area contributed by atoms with Gasteiger partial charge in [-0.05, 0) is 105 Å². The first-order valence-electron chi connectivity index (χ1n) is 22.0. The van der Waals surface area contributed by atoms with E-state index in [2.05, 4.69) is 217 Å². The Kier molecular flexibility index (Phi) is 8.36. The molecule has 13 rings (SSSR count). The second-order valence-corrected chi connectivity index (χ2v) is 16.8. The zero-order valence-electron chi connectivity index (χ0n) is 35.1. The second-order valence-electron chi connectivity index (χ2n) is 16.8. The molecule has 304 valence electrons. The summed E-state index contributed by atoms with van der Waals surface area (Å²) in [6.07, 6.45) is 0. The van der Waals surface area contributed by atoms with Crippen LogP contribution < -0.4 is 4.74 Å². The summed E-state index contributed by atoms with van der Waals surface area (Å²) in [5, 5.41) is 7.18. The molecular formula is C60H38N4O. The first kappa shape index (κ1) is 36.9. The van der Waals surface area contributed by atoms with Crippen molar-refractivity contribution in [1.29, 1.82) is 0 Å². The summed E-state index contributed by atoms with van der Waals surface area (Å²) in [6, 6.07) is 81.7. The van der Waals surface area contributed by atoms with Crippen molar-refractivity contribution in [1.82, 2.24) is 19.5 Å². The van der Waals surface area contributed by atoms with E-state index in [1.807, 2.05) is 18.2 Å². The van der Waals surface area contributed by atoms with Crippen molar-refractivity contribution in [2.75, 3.05) is 0 Å². The molecule has 0 radical (unpaired) electrons. The monoisotopic (exact) mass is 830 g/mol. The van der Waals surface area contributed by atoms with Gasteiger partial charge in [0, 0.05) is 44.3 Å². The van der Waals surface area contributed by atoms with Crippen molar-refractivity contribution in [3.05, 3.63) is 253 Å². The highest BCUT2D eigenvalue weighted by atomic mass is 16.5. The van der Waals surface area contributed by atoms with Gasteiger partial charge >= 0.3 is 0 Å². The lowest BCUT2D eigenvalue weighted by Gasteiger charge is -2.42. The summed E-state index contributed by atoms with van der Waals surface area (Å²) in [5.74, 6) is 3.39. The average Bonchev–Trinajstić information content (AvgIpc) is 3.72. The number of rotatable bonds is 6. The van der Waals surface area contributed by atoms with Crippen molar-refractivity contribution in [2.24, 2.45) is 0 Å². The molecule has 0 spiro atoms. The van der Waals surface area contributed by atoms with Crippen LogP contribution in [0.2, 0.25) is 0 Å². The van der Waals surface area contributed by atoms with E-state index in [-0.39, 0.29) is 0 Å². The molecule has 65 heavy (non-hydrogen) atoms. The van der Waals surface area contributed by atoms with Crippen molar-refractivity contribution >= 4 is 43.4 Å². The normalized spacial score (nSPS) is 12.9. The van der Waals surface area contributed by atoms with E-state index < -0.39 is 5.41 Å². The van der Waals surface area contributed by atoms with Gasteiger partial charge in [-0.1, -0.05) is 158 Å². The molecule has 0 unspecified atom stereocenters. The van der Waals surface area contributed by atoms with Gasteiger partial charge in [-0.25, -0.2) is 15.0 Å². The molecule has 5 nitrogen and oxygen atoms in total. The summed E-state index contributed by atoms with van der Waals surface area (Å²) in [7, 11) is 0. The van der Waals surface area contributed by atoms with Gasteiger partial charge in [0.25, 0.3) is 0 Å². The van der Waals surface area contributed by atoms with Crippen LogP contribution in [-0.2, 0) is 5.41 Å². The predicted molar refractivity (Wildman–Crippen MR) is 264 cm³/mol. The molecule has 5 heteroatoms. The van der Waals surface area contributed by atoms with Crippen molar-refractivity contribution in [3.8, 4) is 51.3 Å². The molecule has 0 aliphatic carbocycles. The fourth-order valence-electron chi connectivity index (χ4n) is 10.1. The summed E-state index contributed by atoms with van der Waals surface area (Å²) in [6.45, 7) is 0. The van der Waals surface area contributed by atoms with E-state index in [1.54, 1.807) is 0 Å². The van der Waals surface area contributed by atoms with Crippen LogP contribution in [-0.4, -0.2) is 19.5 Å². The Balaban J connectivity index is 1.02. The van der Waals surface area contributed by atoms with E-state index in [0.29, 0.717) is 17.5 Å². The molecule has 12 aromatic rings. The minimum atomic E-state index is -0.769. The second kappa shape index (κ2) is 14.7. The van der Waals surface area contributed by atoms with Crippen LogP contribution in [0.1, 0.15) is 22.3 Å². The highest BCUT2D eigenvalue weighted by molar-refractivity contribution is 6.09. The number of para-hydroxylation sites is 3. The Hall–Kier alpha value is -8.67. The maximum Gasteiger partial charge on any atom is 0.164 e. The molecule has 3 heterocycles. The number of benzene rings is 10. The number of nitrogens with zero attached hydrogens (tertiary/aromatic N) is 4. The molecule has 1 aliphatic heterocycles. The fraction of sp³-hybridized carbons (Fsp3) is 0.0167. The van der Waals surface area contributed by atoms with Gasteiger partial charge in [0.05, 0.1) is 16.4 Å². The van der Waals surface area contributed by atoms with E-state index in [4.69, 9.17) is 19.7 Å². The van der Waals surface area contributed by atoms with Gasteiger partial charge in [0.1, 0.15) is 11.5 Å². The van der Waals surface area contributed by atoms with Crippen LogP contribution in [0.25, 0.3) is 83.2 Å². The van der Waals surface area contributed by atoms with E-state index in [9.17, 15) is 0 Å². The number of ether oxygens (including phenoxy) is 1. The molecule has 0 atom stereocenters. The zero-order chi connectivity index (χ0) is 42.9. The Morgan fingerprint density at radius 2 is 0.815 bits per heavy atom. The van der Waals surface area contributed by atoms with Crippen LogP contribution in [0.3, 0.4) is 0 Å². The van der Waals surface area contributed by atoms with E-state index in [0.717, 1.165) is 67.2 Å². The van der Waals surface area contributed by atoms with Crippen LogP contribution in [0, 0.1) is 0 Å². The number of fused-ring (bicyclic) bond motifs is 7. The van der Waals surface area contributed by atoms with Gasteiger partial charge in [-0.15, -0.1) is 0 Å². The van der Waals surface area contributed by atoms with E-state index in [1.165, 1.54) is 32.3 Å². The standard InChI is InChI=1S/C60H38N4O/c1-2-16-41(17-3-1)57-61-58(42-28-33-48(34-29-42)64-53-23-11-8-20-49(53)50-21-9-12-24-54(50)64)63-59(62-57)45-30-35-56-52(38-45)60(51-22-10-13-25-55(51)65-56,46-31-26-39-14-4-6-18-43(39)36-46)47-32-27-40-15-5-7-19-44(40)37-47/h1-38H. The summed E-state index contributed by atoms with van der Waals surface area (Å²) in [5.41, 5.74) is 9.67. The molecule has 2 aromatic heterocycles. The third-order valence-electron chi connectivity index (χ3n) is 13.1. The predicted octanol–water partition coefficient (Wildman–Crippen LogP) is 14.8. The first-order chi connectivity index (χ1) is 32.2. The van der Waals surface area contributed by atoms with Crippen molar-refractivity contribution in [2.45, 2.75) is 5.41 Å². The largest absolute Gasteiger partial charge is 0.457 e. The average molecular weight is 831 g/mol. The lowest BCUT2D eigenvalue weighted by Crippen LogP contribution is -2.34. The molecule has 0 bridgehead atoms. The third-order valence-corrected chi connectivity index (χ3v) is 13.1. The molecule has 0 amide bonds. The first-order valence-corrected chi connectivity index (χ1v) is 22.0. The zero-order valence-corrected chi connectivity index (χ0v) is 35.1. The number of aromatic nitrogens is 4. The quantitative estimate of drug-likeness (QED) is 0.167. The highest BCUT2D eigenvalue weighted by Crippen LogP contribution is 2.56. The minimum absolute atomic E-state index is 0.577. The van der Waals surface area contributed by atoms with Gasteiger partial charge in [0.2, 0.25) is 0 Å². The maximum atomic E-state index is 6.87. The Morgan fingerprint density at radius 3 is 1.45 bits per heavy atom. The van der Waals surface area contributed by atoms with Crippen LogP contribution in [0.5, 0.6) is 11.5 Å². The van der Waals surface area contributed by atoms with Crippen molar-refractivity contribution < 1.29 is 4.74 Å². The SMILES string of the molecule is c1ccc(-c2nc(-c3ccc(-n4c5ccccc5c5ccccc54)cc3)nc(-c3ccc4c(c3)C(c3ccc5ccccc5c3)(c3ccc5ccccc5c3)c3ccccc3O4)n2)cc1. The molecule has 10 aromatic carbocycles. The Labute approximate surface area is 375 Å². The Bertz CT molecular complexity index is 3680. The molecule has 0 N–H and O–H groups in total. The van der Waals surface area contributed by atoms with Crippen LogP contribution >= 0.6 is 0 Å². The third kappa shape index (κ3) is 5.90. The molecule has 0 fully saturated rings. The number of hydrogen-bond acceptors (Lipinski definition) is 4.